The molecular weight excluding hydrogens is 519 g/mol. The van der Waals surface area contributed by atoms with Crippen LogP contribution in [-0.2, 0) is 23.4 Å². The number of anilines is 1. The van der Waals surface area contributed by atoms with E-state index in [0.717, 1.165) is 6.20 Å². The lowest BCUT2D eigenvalue weighted by atomic mass is 9.95. The second kappa shape index (κ2) is 12.1. The Morgan fingerprint density at radius 3 is 2.66 bits per heavy atom. The van der Waals surface area contributed by atoms with Gasteiger partial charge in [0.1, 0.15) is 23.8 Å². The van der Waals surface area contributed by atoms with Crippen molar-refractivity contribution in [2.24, 2.45) is 5.92 Å². The molecule has 0 radical (unpaired) electrons. The maximum absolute atomic E-state index is 14.0. The standard InChI is InChI=1S/C24H31N4O9P/c1-5-11-24(32)20(29)18(36-22(24)28-23(31)27-19(25)12-26-28)13-34-38(33,37-17-9-7-6-8-10-17)14-16(4)21(30)35-15(2)3/h6-10,12,15-16,18,20,22,29,32H,13-14H2,1-4H3,(H2,25,27,31)/t16-,18-,20+,22-,24?,38+/m1/s1/i13D2. The first-order chi connectivity index (χ1) is 18.6. The SMILES string of the molecule is [2H]C([2H])(O[P@@](=O)(C[C@@H](C)C(=O)OC(C)C)Oc1ccccc1)[C@H]1O[C@@H](n2ncc(N)nc2=O)C(O)(C#CC)[C@H]1O. The Morgan fingerprint density at radius 2 is 2.05 bits per heavy atom. The fraction of sp³-hybridized carbons (Fsp3) is 0.500. The molecule has 0 amide bonds. The summed E-state index contributed by atoms with van der Waals surface area (Å²) in [7, 11) is -4.56. The minimum atomic E-state index is -4.56. The van der Waals surface area contributed by atoms with Crippen molar-refractivity contribution < 1.29 is 40.8 Å². The quantitative estimate of drug-likeness (QED) is 0.217. The molecule has 0 aliphatic carbocycles. The Bertz CT molecular complexity index is 1380. The molecule has 2 aromatic rings. The maximum Gasteiger partial charge on any atom is 0.380 e. The number of hydrogen-bond acceptors (Lipinski definition) is 12. The van der Waals surface area contributed by atoms with Gasteiger partial charge in [-0.2, -0.15) is 14.8 Å². The topological polar surface area (TPSA) is 185 Å². The molecule has 1 aliphatic rings. The third kappa shape index (κ3) is 6.78. The first-order valence-electron chi connectivity index (χ1n) is 12.6. The second-order valence-electron chi connectivity index (χ2n) is 8.76. The van der Waals surface area contributed by atoms with E-state index < -0.39 is 68.0 Å². The molecule has 38 heavy (non-hydrogen) atoms. The average molecular weight is 553 g/mol. The molecule has 1 aromatic carbocycles. The van der Waals surface area contributed by atoms with Gasteiger partial charge in [-0.1, -0.05) is 31.0 Å². The lowest BCUT2D eigenvalue weighted by Gasteiger charge is -2.26. The van der Waals surface area contributed by atoms with Crippen molar-refractivity contribution in [3.8, 4) is 17.6 Å². The number of aliphatic hydroxyl groups is 2. The molecule has 0 spiro atoms. The van der Waals surface area contributed by atoms with Gasteiger partial charge >= 0.3 is 19.3 Å². The number of ether oxygens (including phenoxy) is 2. The molecule has 14 heteroatoms. The summed E-state index contributed by atoms with van der Waals surface area (Å²) in [6, 6.07) is 7.71. The van der Waals surface area contributed by atoms with E-state index in [4.69, 9.17) is 27.0 Å². The summed E-state index contributed by atoms with van der Waals surface area (Å²) in [5.41, 5.74) is 1.81. The number of hydrogen-bond donors (Lipinski definition) is 3. The predicted molar refractivity (Wildman–Crippen MR) is 135 cm³/mol. The number of nitrogens with zero attached hydrogens (tertiary/aromatic N) is 3. The Balaban J connectivity index is 1.99. The van der Waals surface area contributed by atoms with Gasteiger partial charge in [0.25, 0.3) is 0 Å². The summed E-state index contributed by atoms with van der Waals surface area (Å²) >= 11 is 0. The van der Waals surface area contributed by atoms with Crippen LogP contribution in [0.1, 0.15) is 36.7 Å². The van der Waals surface area contributed by atoms with Crippen LogP contribution in [0.4, 0.5) is 5.82 Å². The third-order valence-electron chi connectivity index (χ3n) is 5.22. The van der Waals surface area contributed by atoms with Gasteiger partial charge in [-0.3, -0.25) is 9.32 Å². The summed E-state index contributed by atoms with van der Waals surface area (Å²) in [6.45, 7) is 2.85. The monoisotopic (exact) mass is 552 g/mol. The smallest absolute Gasteiger partial charge is 0.380 e. The van der Waals surface area contributed by atoms with Crippen LogP contribution >= 0.6 is 7.60 Å². The van der Waals surface area contributed by atoms with Gasteiger partial charge < -0.3 is 29.9 Å². The van der Waals surface area contributed by atoms with Crippen molar-refractivity contribution >= 4 is 19.4 Å². The number of aliphatic hydroxyl groups excluding tert-OH is 1. The number of nitrogens with two attached hydrogens (primary N) is 1. The van der Waals surface area contributed by atoms with Crippen molar-refractivity contribution in [2.75, 3.05) is 18.5 Å². The van der Waals surface area contributed by atoms with Crippen molar-refractivity contribution in [1.82, 2.24) is 14.8 Å². The fourth-order valence-corrected chi connectivity index (χ4v) is 5.23. The molecule has 1 aliphatic heterocycles. The van der Waals surface area contributed by atoms with Crippen molar-refractivity contribution in [3.05, 3.63) is 47.0 Å². The van der Waals surface area contributed by atoms with Gasteiger partial charge in [0.05, 0.1) is 33.7 Å². The number of carbonyl (C=O) groups excluding carboxylic acids is 1. The summed E-state index contributed by atoms with van der Waals surface area (Å²) in [5.74, 6) is 2.76. The van der Waals surface area contributed by atoms with Crippen molar-refractivity contribution in [2.45, 2.75) is 57.8 Å². The number of carbonyl (C=O) groups is 1. The Hall–Kier alpha value is -3.27. The Labute approximate surface area is 222 Å². The number of aromatic nitrogens is 3. The van der Waals surface area contributed by atoms with E-state index in [9.17, 15) is 24.4 Å². The highest BCUT2D eigenvalue weighted by Gasteiger charge is 2.57. The van der Waals surface area contributed by atoms with E-state index in [2.05, 4.69) is 21.9 Å². The summed E-state index contributed by atoms with van der Waals surface area (Å²) in [5, 5.41) is 26.0. The van der Waals surface area contributed by atoms with E-state index in [1.807, 2.05) is 0 Å². The maximum atomic E-state index is 14.0. The molecule has 1 saturated heterocycles. The highest BCUT2D eigenvalue weighted by atomic mass is 31.2. The average Bonchev–Trinajstić information content (AvgIpc) is 3.10. The molecule has 0 saturated carbocycles. The van der Waals surface area contributed by atoms with Crippen LogP contribution in [0.5, 0.6) is 5.75 Å². The molecule has 0 bridgehead atoms. The van der Waals surface area contributed by atoms with E-state index in [0.29, 0.717) is 4.68 Å². The number of para-hydroxylation sites is 1. The van der Waals surface area contributed by atoms with E-state index in [1.54, 1.807) is 32.0 Å². The lowest BCUT2D eigenvalue weighted by Crippen LogP contribution is -2.48. The van der Waals surface area contributed by atoms with Crippen LogP contribution in [0.25, 0.3) is 0 Å². The van der Waals surface area contributed by atoms with Crippen LogP contribution in [-0.4, -0.2) is 67.6 Å². The molecule has 4 N–H and O–H groups in total. The first-order valence-corrected chi connectivity index (χ1v) is 13.3. The molecule has 1 aromatic heterocycles. The molecule has 1 fully saturated rings. The van der Waals surface area contributed by atoms with Gasteiger partial charge in [0.15, 0.2) is 6.23 Å². The van der Waals surface area contributed by atoms with Crippen molar-refractivity contribution in [3.63, 3.8) is 0 Å². The van der Waals surface area contributed by atoms with Gasteiger partial charge in [0.2, 0.25) is 5.60 Å². The summed E-state index contributed by atoms with van der Waals surface area (Å²) in [6.07, 6.45) is -6.20. The summed E-state index contributed by atoms with van der Waals surface area (Å²) < 4.78 is 53.3. The minimum absolute atomic E-state index is 0.0499. The Kier molecular flexibility index (Phi) is 8.36. The van der Waals surface area contributed by atoms with Gasteiger partial charge in [-0.25, -0.2) is 9.36 Å². The second-order valence-corrected chi connectivity index (χ2v) is 10.7. The zero-order valence-corrected chi connectivity index (χ0v) is 22.1. The van der Waals surface area contributed by atoms with Gasteiger partial charge in [-0.15, -0.1) is 5.92 Å². The van der Waals surface area contributed by atoms with Crippen molar-refractivity contribution in [1.29, 1.82) is 0 Å². The molecule has 1 unspecified atom stereocenters. The molecule has 6 atom stereocenters. The first kappa shape index (κ1) is 26.3. The largest absolute Gasteiger partial charge is 0.463 e. The highest BCUT2D eigenvalue weighted by molar-refractivity contribution is 7.54. The number of esters is 1. The lowest BCUT2D eigenvalue weighted by molar-refractivity contribution is -0.151. The van der Waals surface area contributed by atoms with E-state index in [1.165, 1.54) is 26.0 Å². The molecular formula is C24H31N4O9P. The number of benzene rings is 1. The molecule has 3 rings (SSSR count). The van der Waals surface area contributed by atoms with Crippen LogP contribution in [0, 0.1) is 17.8 Å². The number of rotatable bonds is 10. The normalized spacial score (nSPS) is 26.3. The van der Waals surface area contributed by atoms with Crippen LogP contribution in [0.15, 0.2) is 41.3 Å². The van der Waals surface area contributed by atoms with Crippen LogP contribution in [0.3, 0.4) is 0 Å². The zero-order chi connectivity index (χ0) is 29.9. The minimum Gasteiger partial charge on any atom is -0.463 e. The predicted octanol–water partition coefficient (Wildman–Crippen LogP) is 1.11. The molecule has 206 valence electrons. The van der Waals surface area contributed by atoms with E-state index >= 15 is 0 Å². The summed E-state index contributed by atoms with van der Waals surface area (Å²) in [4.78, 5) is 28.4. The van der Waals surface area contributed by atoms with E-state index in [-0.39, 0.29) is 11.6 Å². The van der Waals surface area contributed by atoms with Crippen LogP contribution < -0.4 is 15.9 Å². The Morgan fingerprint density at radius 1 is 1.37 bits per heavy atom. The third-order valence-corrected chi connectivity index (χ3v) is 7.09. The molecule has 13 nitrogen and oxygen atoms in total. The molecule has 2 heterocycles. The van der Waals surface area contributed by atoms with Gasteiger partial charge in [0, 0.05) is 0 Å². The number of nitrogen functional groups attached to an aromatic ring is 1. The zero-order valence-electron chi connectivity index (χ0n) is 23.2. The fourth-order valence-electron chi connectivity index (χ4n) is 3.51. The van der Waals surface area contributed by atoms with Crippen LogP contribution in [0.2, 0.25) is 0 Å². The van der Waals surface area contributed by atoms with Gasteiger partial charge in [-0.05, 0) is 32.9 Å². The highest BCUT2D eigenvalue weighted by Crippen LogP contribution is 2.51.